The van der Waals surface area contributed by atoms with Crippen LogP contribution in [-0.2, 0) is 17.8 Å². The van der Waals surface area contributed by atoms with Crippen LogP contribution in [0.25, 0.3) is 0 Å². The van der Waals surface area contributed by atoms with Crippen LogP contribution in [-0.4, -0.2) is 17.1 Å². The number of halogens is 1. The molecule has 6 heteroatoms. The topological polar surface area (TPSA) is 70.3 Å². The number of methoxy groups -OCH3 is 1. The maximum absolute atomic E-state index is 5.95. The molecule has 5 nitrogen and oxygen atoms in total. The van der Waals surface area contributed by atoms with E-state index >= 15 is 0 Å². The van der Waals surface area contributed by atoms with E-state index in [2.05, 4.69) is 38.6 Å². The Kier molecular flexibility index (Phi) is 3.75. The molecule has 1 aromatic carbocycles. The predicted octanol–water partition coefficient (Wildman–Crippen LogP) is 2.49. The Bertz CT molecular complexity index is 623. The third-order valence-corrected chi connectivity index (χ3v) is 4.35. The van der Waals surface area contributed by atoms with E-state index in [4.69, 9.17) is 15.2 Å². The summed E-state index contributed by atoms with van der Waals surface area (Å²) >= 11 is 2.14. The molecule has 0 amide bonds. The molecule has 2 aromatic rings. The number of para-hydroxylation sites is 1. The lowest BCUT2D eigenvalue weighted by Crippen LogP contribution is -2.14. The molecule has 0 saturated heterocycles. The Balaban J connectivity index is 1.93. The number of anilines is 1. The van der Waals surface area contributed by atoms with Crippen molar-refractivity contribution in [2.24, 2.45) is 0 Å². The molecule has 1 atom stereocenters. The van der Waals surface area contributed by atoms with Gasteiger partial charge in [-0.25, -0.2) is 9.97 Å². The number of ether oxygens (including phenoxy) is 2. The molecule has 3 rings (SSSR count). The molecular weight excluding hydrogens is 369 g/mol. The van der Waals surface area contributed by atoms with Crippen molar-refractivity contribution in [1.29, 1.82) is 0 Å². The van der Waals surface area contributed by atoms with Crippen LogP contribution in [0.4, 0.5) is 5.82 Å². The van der Waals surface area contributed by atoms with Gasteiger partial charge < -0.3 is 15.2 Å². The zero-order chi connectivity index (χ0) is 14.1. The Morgan fingerprint density at radius 1 is 1.40 bits per heavy atom. The van der Waals surface area contributed by atoms with Gasteiger partial charge in [0.1, 0.15) is 11.6 Å². The van der Waals surface area contributed by atoms with Crippen LogP contribution in [0, 0.1) is 3.57 Å². The van der Waals surface area contributed by atoms with Gasteiger partial charge in [-0.1, -0.05) is 18.2 Å². The number of nitrogens with two attached hydrogens (primary N) is 1. The number of fused-ring (bicyclic) bond motifs is 1. The summed E-state index contributed by atoms with van der Waals surface area (Å²) < 4.78 is 11.9. The number of aromatic nitrogens is 2. The molecule has 0 spiro atoms. The van der Waals surface area contributed by atoms with Crippen LogP contribution < -0.4 is 10.5 Å². The summed E-state index contributed by atoms with van der Waals surface area (Å²) in [7, 11) is 1.63. The summed E-state index contributed by atoms with van der Waals surface area (Å²) in [5.74, 6) is 1.99. The first-order valence-electron chi connectivity index (χ1n) is 6.24. The minimum Gasteiger partial charge on any atom is -0.482 e. The van der Waals surface area contributed by atoms with Crippen molar-refractivity contribution in [3.63, 3.8) is 0 Å². The van der Waals surface area contributed by atoms with E-state index in [1.54, 1.807) is 7.11 Å². The first kappa shape index (κ1) is 13.6. The van der Waals surface area contributed by atoms with Crippen LogP contribution in [0.1, 0.15) is 23.2 Å². The Labute approximate surface area is 130 Å². The fourth-order valence-electron chi connectivity index (χ4n) is 2.24. The molecule has 0 aliphatic carbocycles. The molecular formula is C14H14IN3O2. The Hall–Kier alpha value is -1.41. The highest BCUT2D eigenvalue weighted by molar-refractivity contribution is 14.1. The highest BCUT2D eigenvalue weighted by atomic mass is 127. The van der Waals surface area contributed by atoms with E-state index in [0.717, 1.165) is 21.4 Å². The summed E-state index contributed by atoms with van der Waals surface area (Å²) in [6.07, 6.45) is 0.588. The maximum Gasteiger partial charge on any atom is 0.172 e. The summed E-state index contributed by atoms with van der Waals surface area (Å²) in [4.78, 5) is 8.90. The third-order valence-electron chi connectivity index (χ3n) is 3.18. The third kappa shape index (κ3) is 2.45. The van der Waals surface area contributed by atoms with E-state index in [9.17, 15) is 0 Å². The van der Waals surface area contributed by atoms with Crippen molar-refractivity contribution in [3.8, 4) is 5.75 Å². The standard InChI is InChI=1S/C14H14IN3O2/c1-19-7-9-12(15)13(16)18-14(17-9)11-6-8-4-2-3-5-10(8)20-11/h2-5,11H,6-7H2,1H3,(H2,16,17,18). The van der Waals surface area contributed by atoms with Gasteiger partial charge in [-0.3, -0.25) is 0 Å². The smallest absolute Gasteiger partial charge is 0.172 e. The van der Waals surface area contributed by atoms with Gasteiger partial charge in [0.2, 0.25) is 0 Å². The van der Waals surface area contributed by atoms with Gasteiger partial charge in [-0.05, 0) is 34.2 Å². The van der Waals surface area contributed by atoms with Gasteiger partial charge in [0.25, 0.3) is 0 Å². The van der Waals surface area contributed by atoms with Crippen molar-refractivity contribution >= 4 is 28.4 Å². The van der Waals surface area contributed by atoms with Gasteiger partial charge >= 0.3 is 0 Å². The van der Waals surface area contributed by atoms with Crippen LogP contribution >= 0.6 is 22.6 Å². The number of hydrogen-bond acceptors (Lipinski definition) is 5. The van der Waals surface area contributed by atoms with E-state index in [1.807, 2.05) is 18.2 Å². The second-order valence-electron chi connectivity index (χ2n) is 4.58. The molecule has 1 aliphatic rings. The Morgan fingerprint density at radius 3 is 2.95 bits per heavy atom. The maximum atomic E-state index is 5.95. The molecule has 2 heterocycles. The molecule has 2 N–H and O–H groups in total. The van der Waals surface area contributed by atoms with Gasteiger partial charge in [0.05, 0.1) is 15.9 Å². The molecule has 1 aromatic heterocycles. The van der Waals surface area contributed by atoms with E-state index in [1.165, 1.54) is 5.56 Å². The molecule has 1 aliphatic heterocycles. The zero-order valence-electron chi connectivity index (χ0n) is 11.0. The summed E-state index contributed by atoms with van der Waals surface area (Å²) in [5.41, 5.74) is 7.93. The monoisotopic (exact) mass is 383 g/mol. The number of nitrogens with zero attached hydrogens (tertiary/aromatic N) is 2. The zero-order valence-corrected chi connectivity index (χ0v) is 13.1. The van der Waals surface area contributed by atoms with Crippen molar-refractivity contribution in [3.05, 3.63) is 44.9 Å². The van der Waals surface area contributed by atoms with Crippen molar-refractivity contribution in [2.75, 3.05) is 12.8 Å². The molecule has 104 valence electrons. The number of hydrogen-bond donors (Lipinski definition) is 1. The lowest BCUT2D eigenvalue weighted by atomic mass is 10.1. The highest BCUT2D eigenvalue weighted by Gasteiger charge is 2.27. The fraction of sp³-hybridized carbons (Fsp3) is 0.286. The minimum atomic E-state index is -0.178. The molecule has 1 unspecified atom stereocenters. The first-order chi connectivity index (χ1) is 9.69. The van der Waals surface area contributed by atoms with Crippen LogP contribution in [0.2, 0.25) is 0 Å². The second kappa shape index (κ2) is 5.53. The van der Waals surface area contributed by atoms with Gasteiger partial charge in [0, 0.05) is 13.5 Å². The van der Waals surface area contributed by atoms with E-state index in [-0.39, 0.29) is 6.10 Å². The second-order valence-corrected chi connectivity index (χ2v) is 5.66. The van der Waals surface area contributed by atoms with Crippen molar-refractivity contribution in [1.82, 2.24) is 9.97 Å². The van der Waals surface area contributed by atoms with E-state index < -0.39 is 0 Å². The van der Waals surface area contributed by atoms with Crippen LogP contribution in [0.5, 0.6) is 5.75 Å². The predicted molar refractivity (Wildman–Crippen MR) is 83.4 cm³/mol. The van der Waals surface area contributed by atoms with Crippen molar-refractivity contribution < 1.29 is 9.47 Å². The summed E-state index contributed by atoms with van der Waals surface area (Å²) in [6, 6.07) is 7.98. The van der Waals surface area contributed by atoms with Crippen molar-refractivity contribution in [2.45, 2.75) is 19.1 Å². The first-order valence-corrected chi connectivity index (χ1v) is 7.32. The highest BCUT2D eigenvalue weighted by Crippen LogP contribution is 2.35. The minimum absolute atomic E-state index is 0.178. The van der Waals surface area contributed by atoms with Crippen LogP contribution in [0.15, 0.2) is 24.3 Å². The normalized spacial score (nSPS) is 16.8. The SMILES string of the molecule is COCc1nc(C2Cc3ccccc3O2)nc(N)c1I. The molecule has 0 fully saturated rings. The van der Waals surface area contributed by atoms with Gasteiger partial charge in [0.15, 0.2) is 11.9 Å². The summed E-state index contributed by atoms with van der Waals surface area (Å²) in [5, 5.41) is 0. The molecule has 0 radical (unpaired) electrons. The fourth-order valence-corrected chi connectivity index (χ4v) is 2.63. The number of benzene rings is 1. The molecule has 0 bridgehead atoms. The van der Waals surface area contributed by atoms with Crippen LogP contribution in [0.3, 0.4) is 0 Å². The quantitative estimate of drug-likeness (QED) is 0.825. The Morgan fingerprint density at radius 2 is 2.20 bits per heavy atom. The average molecular weight is 383 g/mol. The summed E-state index contributed by atoms with van der Waals surface area (Å²) in [6.45, 7) is 0.414. The number of nitrogen functional groups attached to an aromatic ring is 1. The molecule has 0 saturated carbocycles. The van der Waals surface area contributed by atoms with Gasteiger partial charge in [-0.2, -0.15) is 0 Å². The molecule has 20 heavy (non-hydrogen) atoms. The lowest BCUT2D eigenvalue weighted by molar-refractivity contribution is 0.178. The average Bonchev–Trinajstić information content (AvgIpc) is 2.87. The number of rotatable bonds is 3. The largest absolute Gasteiger partial charge is 0.482 e. The van der Waals surface area contributed by atoms with Gasteiger partial charge in [-0.15, -0.1) is 0 Å². The lowest BCUT2D eigenvalue weighted by Gasteiger charge is -2.13. The van der Waals surface area contributed by atoms with E-state index in [0.29, 0.717) is 18.2 Å².